The highest BCUT2D eigenvalue weighted by Crippen LogP contribution is 2.50. The van der Waals surface area contributed by atoms with Crippen LogP contribution in [0.15, 0.2) is 60.9 Å². The summed E-state index contributed by atoms with van der Waals surface area (Å²) >= 11 is 1.77. The number of thiophene rings is 1. The maximum Gasteiger partial charge on any atom is 0.407 e. The number of fused-ring (bicyclic) bond motifs is 5. The van der Waals surface area contributed by atoms with Gasteiger partial charge in [0.2, 0.25) is 12.1 Å². The first-order valence-corrected chi connectivity index (χ1v) is 20.8. The molecule has 0 radical (unpaired) electrons. The molecule has 57 heavy (non-hydrogen) atoms. The maximum absolute atomic E-state index is 16.7. The van der Waals surface area contributed by atoms with Crippen LogP contribution in [0.3, 0.4) is 0 Å². The zero-order chi connectivity index (χ0) is 38.9. The quantitative estimate of drug-likeness (QED) is 0.115. The maximum atomic E-state index is 16.7. The van der Waals surface area contributed by atoms with Crippen molar-refractivity contribution in [3.05, 3.63) is 88.1 Å². The van der Waals surface area contributed by atoms with Gasteiger partial charge in [-0.05, 0) is 99.4 Å². The molecule has 4 aromatic heterocycles. The summed E-state index contributed by atoms with van der Waals surface area (Å²) in [6.07, 6.45) is 8.56. The van der Waals surface area contributed by atoms with Crippen LogP contribution in [0.1, 0.15) is 98.0 Å². The Hall–Kier alpha value is -5.47. The van der Waals surface area contributed by atoms with Crippen LogP contribution in [0, 0.1) is 11.7 Å². The Morgan fingerprint density at radius 2 is 1.74 bits per heavy atom. The summed E-state index contributed by atoms with van der Waals surface area (Å²) in [6, 6.07) is 15.4. The van der Waals surface area contributed by atoms with E-state index in [-0.39, 0.29) is 23.9 Å². The summed E-state index contributed by atoms with van der Waals surface area (Å²) in [4.78, 5) is 46.3. The van der Waals surface area contributed by atoms with Crippen molar-refractivity contribution in [1.82, 2.24) is 40.0 Å². The summed E-state index contributed by atoms with van der Waals surface area (Å²) < 4.78 is 30.5. The van der Waals surface area contributed by atoms with Gasteiger partial charge in [0, 0.05) is 27.9 Å². The molecule has 2 amide bonds. The molecule has 12 nitrogen and oxygen atoms in total. The lowest BCUT2D eigenvalue weighted by atomic mass is 10.0. The predicted molar refractivity (Wildman–Crippen MR) is 215 cm³/mol. The van der Waals surface area contributed by atoms with Crippen molar-refractivity contribution in [3.63, 3.8) is 0 Å². The molecule has 0 spiro atoms. The number of alkyl carbamates (subject to hydrolysis) is 1. The Kier molecular flexibility index (Phi) is 8.93. The Morgan fingerprint density at radius 1 is 0.947 bits per heavy atom. The molecule has 1 aliphatic carbocycles. The molecule has 3 aliphatic heterocycles. The number of rotatable bonds is 9. The number of H-pyrrole nitrogens is 2. The Labute approximate surface area is 333 Å². The molecule has 2 aromatic carbocycles. The van der Waals surface area contributed by atoms with Crippen LogP contribution in [0.25, 0.3) is 44.7 Å². The van der Waals surface area contributed by atoms with Crippen molar-refractivity contribution in [3.8, 4) is 39.5 Å². The lowest BCUT2D eigenvalue weighted by Crippen LogP contribution is -2.51. The highest BCUT2D eigenvalue weighted by Gasteiger charge is 2.38. The number of halogens is 1. The first-order chi connectivity index (χ1) is 27.7. The smallest absolute Gasteiger partial charge is 0.407 e. The highest BCUT2D eigenvalue weighted by atomic mass is 32.1. The van der Waals surface area contributed by atoms with Gasteiger partial charge in [-0.15, -0.1) is 11.3 Å². The molecule has 10 rings (SSSR count). The van der Waals surface area contributed by atoms with Crippen molar-refractivity contribution in [2.75, 3.05) is 20.2 Å². The number of nitrogens with zero attached hydrogens (tertiary/aromatic N) is 4. The van der Waals surface area contributed by atoms with Gasteiger partial charge in [-0.1, -0.05) is 19.9 Å². The summed E-state index contributed by atoms with van der Waals surface area (Å²) in [5.74, 6) is 1.88. The molecule has 0 bridgehead atoms. The molecule has 3 fully saturated rings. The first-order valence-electron chi connectivity index (χ1n) is 20.0. The number of hydrogen-bond acceptors (Lipinski definition) is 8. The lowest BCUT2D eigenvalue weighted by molar-refractivity contribution is -0.135. The second kappa shape index (κ2) is 14.2. The van der Waals surface area contributed by atoms with Crippen molar-refractivity contribution >= 4 is 34.2 Å². The van der Waals surface area contributed by atoms with Crippen LogP contribution >= 0.6 is 11.3 Å². The van der Waals surface area contributed by atoms with Gasteiger partial charge in [-0.25, -0.2) is 19.2 Å². The number of aromatic nitrogens is 5. The van der Waals surface area contributed by atoms with Crippen molar-refractivity contribution < 1.29 is 23.5 Å². The van der Waals surface area contributed by atoms with E-state index < -0.39 is 24.2 Å². The number of amides is 2. The third-order valence-electron chi connectivity index (χ3n) is 11.9. The number of carbonyl (C=O) groups excluding carboxylic acids is 2. The van der Waals surface area contributed by atoms with E-state index in [0.717, 1.165) is 64.4 Å². The number of ether oxygens (including phenoxy) is 2. The second-order valence-electron chi connectivity index (χ2n) is 16.0. The molecular formula is C43H45FN8O4S. The number of hydrogen-bond donors (Lipinski definition) is 4. The molecule has 2 saturated heterocycles. The zero-order valence-corrected chi connectivity index (χ0v) is 32.9. The fraction of sp³-hybridized carbons (Fsp3) is 0.395. The number of carbonyl (C=O) groups is 2. The molecule has 4 aliphatic rings. The summed E-state index contributed by atoms with van der Waals surface area (Å²) in [5.41, 5.74) is 5.30. The third-order valence-corrected chi connectivity index (χ3v) is 13.2. The van der Waals surface area contributed by atoms with E-state index in [0.29, 0.717) is 47.3 Å². The number of nitrogens with one attached hydrogen (secondary N) is 4. The van der Waals surface area contributed by atoms with Crippen molar-refractivity contribution in [2.24, 2.45) is 5.92 Å². The minimum absolute atomic E-state index is 0.147. The summed E-state index contributed by atoms with van der Waals surface area (Å²) in [5, 5.41) is 7.20. The van der Waals surface area contributed by atoms with E-state index in [9.17, 15) is 9.59 Å². The van der Waals surface area contributed by atoms with Crippen LogP contribution in [0.4, 0.5) is 9.18 Å². The molecule has 4 N–H and O–H groups in total. The minimum Gasteiger partial charge on any atom is -0.464 e. The van der Waals surface area contributed by atoms with Gasteiger partial charge < -0.3 is 35.0 Å². The van der Waals surface area contributed by atoms with Crippen LogP contribution in [-0.2, 0) is 9.53 Å². The van der Waals surface area contributed by atoms with E-state index >= 15 is 4.39 Å². The summed E-state index contributed by atoms with van der Waals surface area (Å²) in [7, 11) is 1.28. The van der Waals surface area contributed by atoms with Crippen molar-refractivity contribution in [2.45, 2.75) is 82.6 Å². The van der Waals surface area contributed by atoms with Crippen LogP contribution in [0.5, 0.6) is 5.75 Å². The largest absolute Gasteiger partial charge is 0.464 e. The second-order valence-corrected chi connectivity index (χ2v) is 17.2. The van der Waals surface area contributed by atoms with Gasteiger partial charge in [0.1, 0.15) is 29.3 Å². The topological polar surface area (TPSA) is 142 Å². The van der Waals surface area contributed by atoms with Gasteiger partial charge in [-0.2, -0.15) is 0 Å². The Bertz CT molecular complexity index is 2510. The monoisotopic (exact) mass is 788 g/mol. The predicted octanol–water partition coefficient (Wildman–Crippen LogP) is 8.57. The average Bonchev–Trinajstić information content (AvgIpc) is 3.94. The van der Waals surface area contributed by atoms with Crippen molar-refractivity contribution in [1.29, 1.82) is 0 Å². The van der Waals surface area contributed by atoms with Gasteiger partial charge in [0.05, 0.1) is 64.6 Å². The highest BCUT2D eigenvalue weighted by molar-refractivity contribution is 7.12. The van der Waals surface area contributed by atoms with Gasteiger partial charge in [-0.3, -0.25) is 9.36 Å². The Balaban J connectivity index is 0.999. The minimum atomic E-state index is -0.740. The molecule has 7 heterocycles. The molecule has 14 heteroatoms. The van der Waals surface area contributed by atoms with Gasteiger partial charge in [0.25, 0.3) is 0 Å². The van der Waals surface area contributed by atoms with Gasteiger partial charge >= 0.3 is 6.09 Å². The van der Waals surface area contributed by atoms with E-state index in [2.05, 4.69) is 61.6 Å². The molecule has 294 valence electrons. The van der Waals surface area contributed by atoms with Crippen LogP contribution in [-0.4, -0.2) is 67.6 Å². The normalized spacial score (nSPS) is 20.8. The Morgan fingerprint density at radius 3 is 2.51 bits per heavy atom. The van der Waals surface area contributed by atoms with E-state index in [4.69, 9.17) is 19.4 Å². The van der Waals surface area contributed by atoms with Gasteiger partial charge in [0.15, 0.2) is 0 Å². The number of benzene rings is 2. The van der Waals surface area contributed by atoms with E-state index in [1.54, 1.807) is 22.4 Å². The fourth-order valence-electron chi connectivity index (χ4n) is 8.80. The standard InChI is InChI=1S/C43H45FN8O4S/c1-22(2)38(50-43(54)55-3)41(53)51-15-5-7-32(51)40-47-21-30(49-40)25-17-27(44)37-33-18-26-16-24(29-20-46-39(48-29)28-6-4-14-45-28)10-11-31(26)52(33)42(56-34(37)19-25)36-13-12-35(57-36)23-8-9-23/h10-13,16-23,28,32,38,42,45H,4-9,14-15H2,1-3H3,(H,46,48)(H,47,49)(H,50,54). The van der Waals surface area contributed by atoms with Crippen LogP contribution < -0.4 is 15.4 Å². The number of methoxy groups -OCH3 is 1. The molecule has 4 atom stereocenters. The lowest BCUT2D eigenvalue weighted by Gasteiger charge is -2.30. The van der Waals surface area contributed by atoms with E-state index in [1.807, 2.05) is 26.1 Å². The third kappa shape index (κ3) is 6.38. The van der Waals surface area contributed by atoms with E-state index in [1.165, 1.54) is 30.9 Å². The number of likely N-dealkylation sites (tertiary alicyclic amines) is 1. The molecule has 1 saturated carbocycles. The zero-order valence-electron chi connectivity index (χ0n) is 32.1. The molecular weight excluding hydrogens is 744 g/mol. The fourth-order valence-corrected chi connectivity index (χ4v) is 10.00. The summed E-state index contributed by atoms with van der Waals surface area (Å²) in [6.45, 7) is 5.31. The molecule has 4 unspecified atom stereocenters. The number of imidazole rings is 2. The number of aromatic amines is 2. The van der Waals surface area contributed by atoms with Crippen LogP contribution in [0.2, 0.25) is 0 Å². The SMILES string of the molecule is COC(=O)NC(C(=O)N1CCCC1c1ncc(-c2cc(F)c3c(c2)OC(c2ccc(C4CC4)s2)n2c-3cc3cc(-c4cnc(C5CCCN5)[nH]4)ccc32)[nH]1)C(C)C. The first kappa shape index (κ1) is 35.9. The molecule has 6 aromatic rings. The average molecular weight is 789 g/mol.